The van der Waals surface area contributed by atoms with Crippen molar-refractivity contribution in [1.29, 1.82) is 0 Å². The highest BCUT2D eigenvalue weighted by Gasteiger charge is 2.31. The average Bonchev–Trinajstić information content (AvgIpc) is 2.53. The number of hydrogen-bond donors (Lipinski definition) is 2. The first-order valence-corrected chi connectivity index (χ1v) is 6.54. The number of aliphatic hydroxyl groups excluding tert-OH is 1. The van der Waals surface area contributed by atoms with Gasteiger partial charge in [0.1, 0.15) is 18.0 Å². The highest BCUT2D eigenvalue weighted by Crippen LogP contribution is 2.24. The summed E-state index contributed by atoms with van der Waals surface area (Å²) in [5.41, 5.74) is -0.0909. The van der Waals surface area contributed by atoms with Gasteiger partial charge in [0, 0.05) is 6.07 Å². The van der Waals surface area contributed by atoms with Crippen LogP contribution in [0.4, 0.5) is 8.78 Å². The molecule has 1 unspecified atom stereocenters. The zero-order chi connectivity index (χ0) is 15.3. The summed E-state index contributed by atoms with van der Waals surface area (Å²) >= 11 is 0. The molecule has 3 nitrogen and oxygen atoms in total. The van der Waals surface area contributed by atoms with Crippen molar-refractivity contribution in [3.05, 3.63) is 65.7 Å². The van der Waals surface area contributed by atoms with Crippen LogP contribution >= 0.6 is 0 Å². The summed E-state index contributed by atoms with van der Waals surface area (Å²) in [5.74, 6) is -1.41. The van der Waals surface area contributed by atoms with Gasteiger partial charge in [0.25, 0.3) is 0 Å². The van der Waals surface area contributed by atoms with E-state index < -0.39 is 17.2 Å². The third kappa shape index (κ3) is 3.37. The fourth-order valence-corrected chi connectivity index (χ4v) is 2.06. The molecular formula is C16H17F2NO2. The molecule has 0 fully saturated rings. The second-order valence-corrected chi connectivity index (χ2v) is 4.72. The minimum atomic E-state index is -0.889. The van der Waals surface area contributed by atoms with Gasteiger partial charge in [-0.15, -0.1) is 0 Å². The zero-order valence-electron chi connectivity index (χ0n) is 11.6. The van der Waals surface area contributed by atoms with Crippen molar-refractivity contribution in [2.75, 3.05) is 20.3 Å². The fourth-order valence-electron chi connectivity index (χ4n) is 2.06. The SMILES string of the molecule is CNC(CO)(COc1cc(F)ccc1F)c1ccccc1. The van der Waals surface area contributed by atoms with Crippen LogP contribution in [-0.2, 0) is 5.54 Å². The van der Waals surface area contributed by atoms with Gasteiger partial charge in [-0.1, -0.05) is 30.3 Å². The number of halogens is 2. The monoisotopic (exact) mass is 293 g/mol. The van der Waals surface area contributed by atoms with Crippen LogP contribution < -0.4 is 10.1 Å². The van der Waals surface area contributed by atoms with Gasteiger partial charge in [0.2, 0.25) is 0 Å². The maximum atomic E-state index is 13.6. The molecule has 0 radical (unpaired) electrons. The fraction of sp³-hybridized carbons (Fsp3) is 0.250. The summed E-state index contributed by atoms with van der Waals surface area (Å²) < 4.78 is 32.1. The predicted octanol–water partition coefficient (Wildman–Crippen LogP) is 2.45. The molecule has 2 N–H and O–H groups in total. The van der Waals surface area contributed by atoms with Crippen LogP contribution in [0, 0.1) is 11.6 Å². The Morgan fingerprint density at radius 2 is 1.86 bits per heavy atom. The van der Waals surface area contributed by atoms with E-state index in [0.29, 0.717) is 0 Å². The highest BCUT2D eigenvalue weighted by molar-refractivity contribution is 5.28. The molecule has 0 aromatic heterocycles. The van der Waals surface area contributed by atoms with E-state index in [9.17, 15) is 13.9 Å². The number of rotatable bonds is 6. The van der Waals surface area contributed by atoms with Gasteiger partial charge < -0.3 is 15.2 Å². The van der Waals surface area contributed by atoms with Gasteiger partial charge in [-0.2, -0.15) is 0 Å². The third-order valence-electron chi connectivity index (χ3n) is 3.44. The number of nitrogens with one attached hydrogen (secondary N) is 1. The van der Waals surface area contributed by atoms with Crippen LogP contribution in [-0.4, -0.2) is 25.4 Å². The van der Waals surface area contributed by atoms with Gasteiger partial charge in [0.15, 0.2) is 11.6 Å². The lowest BCUT2D eigenvalue weighted by atomic mass is 9.92. The smallest absolute Gasteiger partial charge is 0.165 e. The lowest BCUT2D eigenvalue weighted by Gasteiger charge is -2.32. The van der Waals surface area contributed by atoms with Crippen molar-refractivity contribution >= 4 is 0 Å². The van der Waals surface area contributed by atoms with Crippen LogP contribution in [0.2, 0.25) is 0 Å². The molecule has 0 amide bonds. The van der Waals surface area contributed by atoms with Crippen LogP contribution in [0.3, 0.4) is 0 Å². The third-order valence-corrected chi connectivity index (χ3v) is 3.44. The Labute approximate surface area is 122 Å². The maximum absolute atomic E-state index is 13.6. The first-order valence-electron chi connectivity index (χ1n) is 6.54. The topological polar surface area (TPSA) is 41.5 Å². The molecule has 0 aliphatic carbocycles. The van der Waals surface area contributed by atoms with Crippen LogP contribution in [0.25, 0.3) is 0 Å². The Balaban J connectivity index is 2.23. The molecule has 0 saturated carbocycles. The van der Waals surface area contributed by atoms with Gasteiger partial charge in [-0.3, -0.25) is 0 Å². The van der Waals surface area contributed by atoms with Crippen molar-refractivity contribution in [2.45, 2.75) is 5.54 Å². The molecule has 2 aromatic rings. The van der Waals surface area contributed by atoms with Crippen molar-refractivity contribution in [2.24, 2.45) is 0 Å². The minimum absolute atomic E-state index is 0.0373. The maximum Gasteiger partial charge on any atom is 0.165 e. The first kappa shape index (κ1) is 15.4. The van der Waals surface area contributed by atoms with E-state index in [1.54, 1.807) is 7.05 Å². The normalized spacial score (nSPS) is 13.7. The summed E-state index contributed by atoms with van der Waals surface area (Å²) in [7, 11) is 1.68. The summed E-state index contributed by atoms with van der Waals surface area (Å²) in [5, 5.41) is 12.7. The molecule has 0 aliphatic rings. The quantitative estimate of drug-likeness (QED) is 0.859. The standard InChI is InChI=1S/C16H17F2NO2/c1-19-16(10-20,12-5-3-2-4-6-12)11-21-15-9-13(17)7-8-14(15)18/h2-9,19-20H,10-11H2,1H3. The molecule has 0 saturated heterocycles. The molecule has 5 heteroatoms. The largest absolute Gasteiger partial charge is 0.488 e. The first-order chi connectivity index (χ1) is 10.1. The predicted molar refractivity (Wildman–Crippen MR) is 76.1 cm³/mol. The Hall–Kier alpha value is -1.98. The lowest BCUT2D eigenvalue weighted by Crippen LogP contribution is -2.48. The highest BCUT2D eigenvalue weighted by atomic mass is 19.1. The Bertz CT molecular complexity index is 586. The van der Waals surface area contributed by atoms with Gasteiger partial charge in [0.05, 0.1) is 6.61 Å². The molecule has 0 heterocycles. The zero-order valence-corrected chi connectivity index (χ0v) is 11.6. The number of likely N-dealkylation sites (N-methyl/N-ethyl adjacent to an activating group) is 1. The average molecular weight is 293 g/mol. The van der Waals surface area contributed by atoms with Crippen molar-refractivity contribution < 1.29 is 18.6 Å². The van der Waals surface area contributed by atoms with E-state index in [0.717, 1.165) is 23.8 Å². The van der Waals surface area contributed by atoms with Crippen molar-refractivity contribution in [3.8, 4) is 5.75 Å². The molecule has 0 aliphatic heterocycles. The number of ether oxygens (including phenoxy) is 1. The molecule has 1 atom stereocenters. The molecule has 21 heavy (non-hydrogen) atoms. The molecule has 112 valence electrons. The Morgan fingerprint density at radius 1 is 1.14 bits per heavy atom. The minimum Gasteiger partial charge on any atom is -0.488 e. The number of hydrogen-bond acceptors (Lipinski definition) is 3. The number of aliphatic hydroxyl groups is 1. The molecule has 2 rings (SSSR count). The van der Waals surface area contributed by atoms with E-state index in [2.05, 4.69) is 5.32 Å². The Morgan fingerprint density at radius 3 is 2.48 bits per heavy atom. The van der Waals surface area contributed by atoms with E-state index >= 15 is 0 Å². The second kappa shape index (κ2) is 6.65. The summed E-state index contributed by atoms with van der Waals surface area (Å²) in [6.07, 6.45) is 0. The number of benzene rings is 2. The van der Waals surface area contributed by atoms with E-state index in [4.69, 9.17) is 4.74 Å². The van der Waals surface area contributed by atoms with E-state index in [-0.39, 0.29) is 19.0 Å². The summed E-state index contributed by atoms with van der Waals surface area (Å²) in [6.45, 7) is -0.283. The molecule has 2 aromatic carbocycles. The van der Waals surface area contributed by atoms with Crippen LogP contribution in [0.15, 0.2) is 48.5 Å². The van der Waals surface area contributed by atoms with Crippen LogP contribution in [0.5, 0.6) is 5.75 Å². The van der Waals surface area contributed by atoms with Crippen molar-refractivity contribution in [3.63, 3.8) is 0 Å². The summed E-state index contributed by atoms with van der Waals surface area (Å²) in [4.78, 5) is 0. The van der Waals surface area contributed by atoms with Crippen LogP contribution in [0.1, 0.15) is 5.56 Å². The Kier molecular flexibility index (Phi) is 4.88. The second-order valence-electron chi connectivity index (χ2n) is 4.72. The van der Waals surface area contributed by atoms with Gasteiger partial charge in [-0.25, -0.2) is 8.78 Å². The molecule has 0 spiro atoms. The van der Waals surface area contributed by atoms with Gasteiger partial charge in [-0.05, 0) is 24.7 Å². The van der Waals surface area contributed by atoms with Gasteiger partial charge >= 0.3 is 0 Å². The van der Waals surface area contributed by atoms with Crippen molar-refractivity contribution in [1.82, 2.24) is 5.32 Å². The van der Waals surface area contributed by atoms with E-state index in [1.807, 2.05) is 30.3 Å². The molecular weight excluding hydrogens is 276 g/mol. The lowest BCUT2D eigenvalue weighted by molar-refractivity contribution is 0.105. The summed E-state index contributed by atoms with van der Waals surface area (Å²) in [6, 6.07) is 12.2. The van der Waals surface area contributed by atoms with E-state index in [1.165, 1.54) is 0 Å². The molecule has 0 bridgehead atoms.